The zero-order chi connectivity index (χ0) is 15.8. The first-order valence-corrected chi connectivity index (χ1v) is 8.42. The highest BCUT2D eigenvalue weighted by molar-refractivity contribution is 7.98. The highest BCUT2D eigenvalue weighted by Gasteiger charge is 2.04. The molecule has 0 heterocycles. The molecule has 2 aromatic carbocycles. The van der Waals surface area contributed by atoms with Gasteiger partial charge in [-0.15, -0.1) is 11.8 Å². The number of hydrogen-bond donors (Lipinski definition) is 2. The Labute approximate surface area is 139 Å². The summed E-state index contributed by atoms with van der Waals surface area (Å²) in [6.07, 6.45) is 0.571. The lowest BCUT2D eigenvalue weighted by Crippen LogP contribution is -2.24. The number of nitrogens with one attached hydrogen (secondary N) is 1. The number of hydrogen-bond acceptors (Lipinski definition) is 3. The fraction of sp³-hybridized carbons (Fsp3) is 0.235. The van der Waals surface area contributed by atoms with Crippen LogP contribution in [0.1, 0.15) is 22.3 Å². The van der Waals surface area contributed by atoms with Crippen LogP contribution in [0.2, 0.25) is 5.02 Å². The van der Waals surface area contributed by atoms with E-state index in [1.807, 2.05) is 48.5 Å². The van der Waals surface area contributed by atoms with Crippen LogP contribution in [0, 0.1) is 0 Å². The van der Waals surface area contributed by atoms with Crippen LogP contribution in [0.3, 0.4) is 0 Å². The molecule has 0 aliphatic heterocycles. The van der Waals surface area contributed by atoms with E-state index in [0.29, 0.717) is 18.5 Å². The number of rotatable bonds is 7. The van der Waals surface area contributed by atoms with Gasteiger partial charge in [-0.25, -0.2) is 0 Å². The summed E-state index contributed by atoms with van der Waals surface area (Å²) in [5.41, 5.74) is 1.80. The second-order valence-electron chi connectivity index (χ2n) is 4.77. The van der Waals surface area contributed by atoms with Crippen molar-refractivity contribution in [3.05, 3.63) is 64.7 Å². The van der Waals surface area contributed by atoms with Gasteiger partial charge in [0.05, 0.1) is 0 Å². The number of aliphatic hydroxyl groups excluding tert-OH is 1. The van der Waals surface area contributed by atoms with E-state index < -0.39 is 0 Å². The third-order valence-corrected chi connectivity index (χ3v) is 4.39. The summed E-state index contributed by atoms with van der Waals surface area (Å²) in [5.74, 6) is 0.735. The summed E-state index contributed by atoms with van der Waals surface area (Å²) in [5, 5.41) is 12.2. The molecule has 2 N–H and O–H groups in total. The second-order valence-corrected chi connectivity index (χ2v) is 6.26. The lowest BCUT2D eigenvalue weighted by molar-refractivity contribution is 0.0951. The molecular formula is C17H18ClNO2S. The first-order valence-electron chi connectivity index (χ1n) is 7.05. The van der Waals surface area contributed by atoms with Crippen LogP contribution in [-0.2, 0) is 5.75 Å². The maximum absolute atomic E-state index is 11.8. The Hall–Kier alpha value is -1.49. The standard InChI is InChI=1S/C17H18ClNO2S/c18-15-6-8-16(9-7-15)22-12-13-2-4-14(5-3-13)17(21)19-10-1-11-20/h2-9,20H,1,10-12H2,(H,19,21). The van der Waals surface area contributed by atoms with E-state index in [-0.39, 0.29) is 12.5 Å². The zero-order valence-corrected chi connectivity index (χ0v) is 13.7. The van der Waals surface area contributed by atoms with Crippen molar-refractivity contribution in [3.8, 4) is 0 Å². The molecule has 0 aliphatic carbocycles. The van der Waals surface area contributed by atoms with Gasteiger partial charge in [0, 0.05) is 34.4 Å². The van der Waals surface area contributed by atoms with E-state index in [4.69, 9.17) is 16.7 Å². The van der Waals surface area contributed by atoms with Crippen molar-refractivity contribution in [2.75, 3.05) is 13.2 Å². The summed E-state index contributed by atoms with van der Waals surface area (Å²) in [4.78, 5) is 13.0. The molecule has 22 heavy (non-hydrogen) atoms. The van der Waals surface area contributed by atoms with E-state index in [9.17, 15) is 4.79 Å². The van der Waals surface area contributed by atoms with Gasteiger partial charge in [-0.05, 0) is 48.4 Å². The Morgan fingerprint density at radius 1 is 1.09 bits per heavy atom. The minimum Gasteiger partial charge on any atom is -0.396 e. The van der Waals surface area contributed by atoms with E-state index >= 15 is 0 Å². The SMILES string of the molecule is O=C(NCCCO)c1ccc(CSc2ccc(Cl)cc2)cc1. The van der Waals surface area contributed by atoms with Crippen molar-refractivity contribution in [2.24, 2.45) is 0 Å². The average molecular weight is 336 g/mol. The van der Waals surface area contributed by atoms with E-state index in [2.05, 4.69) is 5.32 Å². The number of thioether (sulfide) groups is 1. The molecule has 2 aromatic rings. The lowest BCUT2D eigenvalue weighted by Gasteiger charge is -2.06. The van der Waals surface area contributed by atoms with Crippen molar-refractivity contribution >= 4 is 29.3 Å². The van der Waals surface area contributed by atoms with E-state index in [0.717, 1.165) is 21.2 Å². The van der Waals surface area contributed by atoms with Crippen LogP contribution >= 0.6 is 23.4 Å². The van der Waals surface area contributed by atoms with Crippen molar-refractivity contribution in [2.45, 2.75) is 17.1 Å². The van der Waals surface area contributed by atoms with Crippen LogP contribution in [-0.4, -0.2) is 24.2 Å². The van der Waals surface area contributed by atoms with Crippen LogP contribution in [0.4, 0.5) is 0 Å². The predicted molar refractivity (Wildman–Crippen MR) is 91.5 cm³/mol. The average Bonchev–Trinajstić information content (AvgIpc) is 2.55. The Morgan fingerprint density at radius 2 is 1.77 bits per heavy atom. The maximum Gasteiger partial charge on any atom is 0.251 e. The number of amides is 1. The number of aliphatic hydroxyl groups is 1. The topological polar surface area (TPSA) is 49.3 Å². The van der Waals surface area contributed by atoms with Gasteiger partial charge >= 0.3 is 0 Å². The lowest BCUT2D eigenvalue weighted by atomic mass is 10.1. The summed E-state index contributed by atoms with van der Waals surface area (Å²) in [6.45, 7) is 0.574. The molecule has 3 nitrogen and oxygen atoms in total. The molecule has 0 radical (unpaired) electrons. The quantitative estimate of drug-likeness (QED) is 0.598. The summed E-state index contributed by atoms with van der Waals surface area (Å²) >= 11 is 7.59. The third-order valence-electron chi connectivity index (χ3n) is 3.06. The van der Waals surface area contributed by atoms with Crippen LogP contribution in [0.5, 0.6) is 0 Å². The summed E-state index contributed by atoms with van der Waals surface area (Å²) < 4.78 is 0. The molecule has 0 spiro atoms. The van der Waals surface area contributed by atoms with Gasteiger partial charge in [-0.1, -0.05) is 23.7 Å². The molecule has 2 rings (SSSR count). The fourth-order valence-corrected chi connectivity index (χ4v) is 2.81. The zero-order valence-electron chi connectivity index (χ0n) is 12.1. The minimum atomic E-state index is -0.106. The molecule has 0 fully saturated rings. The smallest absolute Gasteiger partial charge is 0.251 e. The summed E-state index contributed by atoms with van der Waals surface area (Å²) in [7, 11) is 0. The normalized spacial score (nSPS) is 10.5. The van der Waals surface area contributed by atoms with Gasteiger partial charge in [0.2, 0.25) is 0 Å². The van der Waals surface area contributed by atoms with E-state index in [1.54, 1.807) is 11.8 Å². The largest absolute Gasteiger partial charge is 0.396 e. The Morgan fingerprint density at radius 3 is 2.41 bits per heavy atom. The van der Waals surface area contributed by atoms with Crippen LogP contribution in [0.25, 0.3) is 0 Å². The van der Waals surface area contributed by atoms with E-state index in [1.165, 1.54) is 0 Å². The number of halogens is 1. The van der Waals surface area contributed by atoms with Crippen molar-refractivity contribution < 1.29 is 9.90 Å². The molecule has 0 aromatic heterocycles. The van der Waals surface area contributed by atoms with Gasteiger partial charge in [0.1, 0.15) is 0 Å². The second kappa shape index (κ2) is 8.83. The van der Waals surface area contributed by atoms with Gasteiger partial charge < -0.3 is 10.4 Å². The van der Waals surface area contributed by atoms with Gasteiger partial charge in [0.15, 0.2) is 0 Å². The van der Waals surface area contributed by atoms with Crippen LogP contribution < -0.4 is 5.32 Å². The number of carbonyl (C=O) groups excluding carboxylic acids is 1. The predicted octanol–water partition coefficient (Wildman–Crippen LogP) is 3.74. The molecule has 0 saturated carbocycles. The Balaban J connectivity index is 1.86. The number of benzene rings is 2. The van der Waals surface area contributed by atoms with Gasteiger partial charge in [0.25, 0.3) is 5.91 Å². The fourth-order valence-electron chi connectivity index (χ4n) is 1.83. The van der Waals surface area contributed by atoms with Crippen LogP contribution in [0.15, 0.2) is 53.4 Å². The van der Waals surface area contributed by atoms with Gasteiger partial charge in [-0.3, -0.25) is 4.79 Å². The monoisotopic (exact) mass is 335 g/mol. The molecule has 0 unspecified atom stereocenters. The first kappa shape index (κ1) is 16.9. The molecule has 0 saturated heterocycles. The summed E-state index contributed by atoms with van der Waals surface area (Å²) in [6, 6.07) is 15.3. The Kier molecular flexibility index (Phi) is 6.77. The molecular weight excluding hydrogens is 318 g/mol. The molecule has 1 amide bonds. The maximum atomic E-state index is 11.8. The highest BCUT2D eigenvalue weighted by atomic mass is 35.5. The molecule has 0 aliphatic rings. The molecule has 0 bridgehead atoms. The number of carbonyl (C=O) groups is 1. The first-order chi connectivity index (χ1) is 10.7. The van der Waals surface area contributed by atoms with Gasteiger partial charge in [-0.2, -0.15) is 0 Å². The minimum absolute atomic E-state index is 0.0845. The van der Waals surface area contributed by atoms with Crippen molar-refractivity contribution in [1.82, 2.24) is 5.32 Å². The Bertz CT molecular complexity index is 599. The molecule has 0 atom stereocenters. The highest BCUT2D eigenvalue weighted by Crippen LogP contribution is 2.24. The molecule has 116 valence electrons. The molecule has 5 heteroatoms. The van der Waals surface area contributed by atoms with Crippen molar-refractivity contribution in [1.29, 1.82) is 0 Å². The third kappa shape index (κ3) is 5.37. The van der Waals surface area contributed by atoms with Crippen molar-refractivity contribution in [3.63, 3.8) is 0 Å².